The number of carbonyl (C=O) groups is 5. The molecule has 0 saturated carbocycles. The fourth-order valence-corrected chi connectivity index (χ4v) is 6.08. The van der Waals surface area contributed by atoms with Crippen molar-refractivity contribution in [3.05, 3.63) is 102 Å². The summed E-state index contributed by atoms with van der Waals surface area (Å²) in [5, 5.41) is 18.1. The number of aromatic nitrogens is 1. The summed E-state index contributed by atoms with van der Waals surface area (Å²) in [4.78, 5) is 67.7. The molecule has 1 aliphatic rings. The van der Waals surface area contributed by atoms with Gasteiger partial charge in [-0.25, -0.2) is 0 Å². The summed E-state index contributed by atoms with van der Waals surface area (Å²) in [5.74, 6) is -2.15. The summed E-state index contributed by atoms with van der Waals surface area (Å²) in [5.41, 5.74) is 2.88. The molecule has 2 heterocycles. The number of nitrogens with zero attached hydrogens (tertiary/aromatic N) is 1. The Kier molecular flexibility index (Phi) is 14.4. The zero-order valence-electron chi connectivity index (χ0n) is 31.3. The van der Waals surface area contributed by atoms with Gasteiger partial charge in [0.1, 0.15) is 23.8 Å². The highest BCUT2D eigenvalue weighted by Gasteiger charge is 2.32. The van der Waals surface area contributed by atoms with Gasteiger partial charge in [0.25, 0.3) is 11.8 Å². The Morgan fingerprint density at radius 2 is 1.60 bits per heavy atom. The smallest absolute Gasteiger partial charge is 0.290 e. The van der Waals surface area contributed by atoms with Crippen LogP contribution in [0.15, 0.2) is 89.5 Å². The third-order valence-electron chi connectivity index (χ3n) is 9.11. The molecule has 290 valence electrons. The number of hydrogen-bond acceptors (Lipinski definition) is 9. The van der Waals surface area contributed by atoms with Crippen molar-refractivity contribution in [3.63, 3.8) is 0 Å². The third-order valence-corrected chi connectivity index (χ3v) is 9.11. The minimum absolute atomic E-state index is 0.0883. The number of benzene rings is 3. The Labute approximate surface area is 320 Å². The molecule has 4 aromatic rings. The molecule has 5 rings (SSSR count). The summed E-state index contributed by atoms with van der Waals surface area (Å²) in [7, 11) is 1.51. The monoisotopic (exact) mass is 752 g/mol. The molecule has 5 amide bonds. The van der Waals surface area contributed by atoms with Gasteiger partial charge in [0.15, 0.2) is 18.1 Å². The number of methoxy groups -OCH3 is 1. The van der Waals surface area contributed by atoms with E-state index in [1.165, 1.54) is 13.2 Å². The number of nitrogens with one attached hydrogen (secondary N) is 5. The zero-order chi connectivity index (χ0) is 39.2. The first-order valence-corrected chi connectivity index (χ1v) is 18.4. The largest absolute Gasteiger partial charge is 0.493 e. The Hall–Kier alpha value is -6.18. The summed E-state index contributed by atoms with van der Waals surface area (Å²) < 4.78 is 16.6. The number of fused-ring (bicyclic) bond motifs is 2. The van der Waals surface area contributed by atoms with Crippen molar-refractivity contribution in [3.8, 4) is 22.8 Å². The summed E-state index contributed by atoms with van der Waals surface area (Å²) in [6.07, 6.45) is 1.69. The highest BCUT2D eigenvalue weighted by molar-refractivity contribution is 5.98. The van der Waals surface area contributed by atoms with E-state index in [0.717, 1.165) is 16.7 Å². The molecule has 1 aliphatic heterocycles. The Morgan fingerprint density at radius 1 is 0.873 bits per heavy atom. The summed E-state index contributed by atoms with van der Waals surface area (Å²) in [6.45, 7) is 3.88. The Morgan fingerprint density at radius 3 is 2.33 bits per heavy atom. The van der Waals surface area contributed by atoms with Crippen LogP contribution in [0.25, 0.3) is 11.3 Å². The van der Waals surface area contributed by atoms with Crippen molar-refractivity contribution < 1.29 is 38.0 Å². The van der Waals surface area contributed by atoms with E-state index < -0.39 is 41.8 Å². The van der Waals surface area contributed by atoms with Crippen molar-refractivity contribution >= 4 is 29.5 Å². The van der Waals surface area contributed by atoms with Gasteiger partial charge in [-0.1, -0.05) is 85.7 Å². The molecule has 3 atom stereocenters. The fourth-order valence-electron chi connectivity index (χ4n) is 6.08. The summed E-state index contributed by atoms with van der Waals surface area (Å²) >= 11 is 0. The first-order valence-electron chi connectivity index (χ1n) is 18.4. The van der Waals surface area contributed by atoms with Gasteiger partial charge >= 0.3 is 0 Å². The molecule has 5 N–H and O–H groups in total. The van der Waals surface area contributed by atoms with Crippen LogP contribution in [0.5, 0.6) is 11.5 Å². The van der Waals surface area contributed by atoms with Gasteiger partial charge < -0.3 is 40.6 Å². The van der Waals surface area contributed by atoms with Gasteiger partial charge in [0.2, 0.25) is 23.5 Å². The molecule has 14 heteroatoms. The molecular formula is C41H48N6O8. The van der Waals surface area contributed by atoms with Gasteiger partial charge in [-0.05, 0) is 54.9 Å². The molecule has 0 fully saturated rings. The van der Waals surface area contributed by atoms with Gasteiger partial charge in [-0.15, -0.1) is 0 Å². The molecular weight excluding hydrogens is 704 g/mol. The molecule has 2 bridgehead atoms. The number of amides is 5. The number of aryl methyl sites for hydroxylation is 1. The highest BCUT2D eigenvalue weighted by Crippen LogP contribution is 2.28. The first kappa shape index (κ1) is 40.0. The van der Waals surface area contributed by atoms with Crippen LogP contribution in [0.2, 0.25) is 0 Å². The van der Waals surface area contributed by atoms with Crippen molar-refractivity contribution in [2.45, 2.75) is 64.1 Å². The maximum absolute atomic E-state index is 14.0. The highest BCUT2D eigenvalue weighted by atomic mass is 16.5. The van der Waals surface area contributed by atoms with E-state index in [2.05, 4.69) is 31.7 Å². The van der Waals surface area contributed by atoms with Crippen LogP contribution in [-0.2, 0) is 32.0 Å². The quantitative estimate of drug-likeness (QED) is 0.189. The van der Waals surface area contributed by atoms with Crippen LogP contribution in [0.3, 0.4) is 0 Å². The minimum Gasteiger partial charge on any atom is -0.493 e. The van der Waals surface area contributed by atoms with Crippen LogP contribution in [0.4, 0.5) is 0 Å². The van der Waals surface area contributed by atoms with Crippen LogP contribution in [0, 0.1) is 5.92 Å². The second kappa shape index (κ2) is 19.8. The number of hydrogen-bond donors (Lipinski definition) is 5. The molecule has 0 unspecified atom stereocenters. The van der Waals surface area contributed by atoms with E-state index in [1.54, 1.807) is 12.1 Å². The second-order valence-corrected chi connectivity index (χ2v) is 13.6. The molecule has 3 aromatic carbocycles. The van der Waals surface area contributed by atoms with Crippen LogP contribution < -0.4 is 36.1 Å². The molecule has 0 radical (unpaired) electrons. The topological polar surface area (TPSA) is 190 Å². The molecule has 1 aromatic heterocycles. The van der Waals surface area contributed by atoms with Crippen molar-refractivity contribution in [1.82, 2.24) is 31.7 Å². The van der Waals surface area contributed by atoms with Crippen LogP contribution in [-0.4, -0.2) is 79.6 Å². The predicted molar refractivity (Wildman–Crippen MR) is 204 cm³/mol. The van der Waals surface area contributed by atoms with Crippen molar-refractivity contribution in [2.75, 3.05) is 26.8 Å². The van der Waals surface area contributed by atoms with Crippen LogP contribution in [0.1, 0.15) is 54.8 Å². The average molecular weight is 753 g/mol. The SMILES string of the molecule is COc1ccc2cc1OCC(=O)NCCC[C@H](NC(=O)c1cc(-c3ccccc3)no1)C(=O)N[C@@H](Cc1ccccc1)C(=O)N[C@H](C(C)C)C(=O)NCCC2. The van der Waals surface area contributed by atoms with Crippen molar-refractivity contribution in [1.29, 1.82) is 0 Å². The lowest BCUT2D eigenvalue weighted by molar-refractivity contribution is -0.133. The molecule has 0 aliphatic carbocycles. The number of carbonyl (C=O) groups excluding carboxylic acids is 5. The van der Waals surface area contributed by atoms with E-state index in [-0.39, 0.29) is 50.0 Å². The Balaban J connectivity index is 1.39. The van der Waals surface area contributed by atoms with Gasteiger partial charge in [0, 0.05) is 31.1 Å². The predicted octanol–water partition coefficient (Wildman–Crippen LogP) is 3.35. The number of rotatable bonds is 7. The van der Waals surface area contributed by atoms with Gasteiger partial charge in [-0.3, -0.25) is 24.0 Å². The maximum atomic E-state index is 14.0. The normalized spacial score (nSPS) is 19.3. The third kappa shape index (κ3) is 11.7. The average Bonchev–Trinajstić information content (AvgIpc) is 3.69. The first-order chi connectivity index (χ1) is 26.6. The molecule has 55 heavy (non-hydrogen) atoms. The standard InChI is InChI=1S/C41H48N6O8/c1-26(2)37-41(52)43-21-10-14-28-18-19-33(53-3)34(23-28)54-25-36(48)42-20-11-17-30(38(49)45-32(39(50)46-37)22-27-12-6-4-7-13-27)44-40(51)35-24-31(47-55-35)29-15-8-5-9-16-29/h4-9,12-13,15-16,18-19,23-24,26,30,32,37H,10-11,14,17,20-22,25H2,1-3H3,(H,42,48)(H,43,52)(H,44,51)(H,45,49)(H,46,50)/t30-,32-,37+/m0/s1. The zero-order valence-corrected chi connectivity index (χ0v) is 31.3. The molecule has 14 nitrogen and oxygen atoms in total. The minimum atomic E-state index is -1.15. The van der Waals surface area contributed by atoms with E-state index in [0.29, 0.717) is 36.6 Å². The lowest BCUT2D eigenvalue weighted by atomic mass is 10.00. The second-order valence-electron chi connectivity index (χ2n) is 13.6. The maximum Gasteiger partial charge on any atom is 0.290 e. The van der Waals surface area contributed by atoms with E-state index in [4.69, 9.17) is 14.0 Å². The summed E-state index contributed by atoms with van der Waals surface area (Å²) in [6, 6.07) is 22.1. The molecule has 0 spiro atoms. The van der Waals surface area contributed by atoms with E-state index in [1.807, 2.05) is 80.6 Å². The molecule has 0 saturated heterocycles. The van der Waals surface area contributed by atoms with E-state index >= 15 is 0 Å². The fraction of sp³-hybridized carbons (Fsp3) is 0.366. The lowest BCUT2D eigenvalue weighted by Gasteiger charge is -2.27. The van der Waals surface area contributed by atoms with Crippen LogP contribution >= 0.6 is 0 Å². The Bertz CT molecular complexity index is 1920. The van der Waals surface area contributed by atoms with E-state index in [9.17, 15) is 24.0 Å². The van der Waals surface area contributed by atoms with Crippen molar-refractivity contribution in [2.24, 2.45) is 5.92 Å². The number of ether oxygens (including phenoxy) is 2. The lowest BCUT2D eigenvalue weighted by Crippen LogP contribution is -2.58. The van der Waals surface area contributed by atoms with Gasteiger partial charge in [-0.2, -0.15) is 0 Å². The van der Waals surface area contributed by atoms with Gasteiger partial charge in [0.05, 0.1) is 7.11 Å².